The molecule has 1 aromatic rings. The number of hydrogen-bond donors (Lipinski definition) is 2. The molecule has 4 nitrogen and oxygen atoms in total. The van der Waals surface area contributed by atoms with E-state index in [0.29, 0.717) is 6.41 Å². The van der Waals surface area contributed by atoms with E-state index >= 15 is 0 Å². The lowest BCUT2D eigenvalue weighted by molar-refractivity contribution is -0.110. The third-order valence-electron chi connectivity index (χ3n) is 3.90. The van der Waals surface area contributed by atoms with E-state index in [1.54, 1.807) is 0 Å². The minimum Gasteiger partial charge on any atom is -0.394 e. The van der Waals surface area contributed by atoms with Gasteiger partial charge in [0.25, 0.3) is 0 Å². The lowest BCUT2D eigenvalue weighted by Gasteiger charge is -2.31. The van der Waals surface area contributed by atoms with Gasteiger partial charge in [0.15, 0.2) is 0 Å². The molecule has 0 saturated carbocycles. The van der Waals surface area contributed by atoms with Crippen molar-refractivity contribution in [3.05, 3.63) is 53.4 Å². The van der Waals surface area contributed by atoms with E-state index in [9.17, 15) is 9.90 Å². The minimum atomic E-state index is -0.327. The van der Waals surface area contributed by atoms with E-state index in [4.69, 9.17) is 0 Å². The standard InChI is InChI=1S/C16H20N2O2/c1-12-9-17-8-5-14(12)16(2)6-3-13(4-7-16)15(10-19)18-11-20/h3-6,8-9,11,15,19H,7,10H2,1-2H3,(H,18,20). The Morgan fingerprint density at radius 3 is 2.95 bits per heavy atom. The molecule has 2 N–H and O–H groups in total. The Kier molecular flexibility index (Phi) is 4.35. The van der Waals surface area contributed by atoms with Crippen LogP contribution in [0.3, 0.4) is 0 Å². The number of aliphatic hydroxyl groups is 1. The van der Waals surface area contributed by atoms with Gasteiger partial charge in [0, 0.05) is 17.8 Å². The Bertz CT molecular complexity index is 551. The van der Waals surface area contributed by atoms with Gasteiger partial charge < -0.3 is 10.4 Å². The van der Waals surface area contributed by atoms with Crippen molar-refractivity contribution in [1.29, 1.82) is 0 Å². The number of amides is 1. The van der Waals surface area contributed by atoms with Crippen LogP contribution in [0, 0.1) is 6.92 Å². The molecule has 1 heterocycles. The third-order valence-corrected chi connectivity index (χ3v) is 3.90. The molecule has 0 fully saturated rings. The molecule has 0 spiro atoms. The third kappa shape index (κ3) is 2.80. The van der Waals surface area contributed by atoms with Crippen LogP contribution >= 0.6 is 0 Å². The number of aliphatic hydroxyl groups excluding tert-OH is 1. The number of carbonyl (C=O) groups is 1. The number of carbonyl (C=O) groups excluding carboxylic acids is 1. The SMILES string of the molecule is Cc1cnccc1C1(C)C=CC(C(CO)NC=O)=CC1. The van der Waals surface area contributed by atoms with Crippen molar-refractivity contribution < 1.29 is 9.90 Å². The van der Waals surface area contributed by atoms with Crippen molar-refractivity contribution in [1.82, 2.24) is 10.3 Å². The highest BCUT2D eigenvalue weighted by Gasteiger charge is 2.27. The van der Waals surface area contributed by atoms with Crippen LogP contribution in [0.1, 0.15) is 24.5 Å². The predicted molar refractivity (Wildman–Crippen MR) is 78.2 cm³/mol. The number of allylic oxidation sites excluding steroid dienone is 2. The van der Waals surface area contributed by atoms with Crippen molar-refractivity contribution in [3.8, 4) is 0 Å². The lowest BCUT2D eigenvalue weighted by atomic mass is 9.74. The average Bonchev–Trinajstić information content (AvgIpc) is 2.46. The van der Waals surface area contributed by atoms with Crippen LogP contribution in [-0.2, 0) is 10.2 Å². The number of rotatable bonds is 5. The van der Waals surface area contributed by atoms with E-state index in [1.807, 2.05) is 24.5 Å². The Balaban J connectivity index is 2.22. The molecule has 2 rings (SSSR count). The summed E-state index contributed by atoms with van der Waals surface area (Å²) in [7, 11) is 0. The summed E-state index contributed by atoms with van der Waals surface area (Å²) >= 11 is 0. The zero-order valence-corrected chi connectivity index (χ0v) is 11.8. The highest BCUT2D eigenvalue weighted by atomic mass is 16.3. The van der Waals surface area contributed by atoms with Crippen LogP contribution in [0.2, 0.25) is 0 Å². The fourth-order valence-electron chi connectivity index (χ4n) is 2.65. The molecule has 106 valence electrons. The monoisotopic (exact) mass is 272 g/mol. The van der Waals surface area contributed by atoms with Gasteiger partial charge in [-0.25, -0.2) is 0 Å². The van der Waals surface area contributed by atoms with Gasteiger partial charge >= 0.3 is 0 Å². The number of pyridine rings is 1. The summed E-state index contributed by atoms with van der Waals surface area (Å²) in [6.07, 6.45) is 11.3. The van der Waals surface area contributed by atoms with Gasteiger partial charge in [-0.1, -0.05) is 25.2 Å². The van der Waals surface area contributed by atoms with Crippen molar-refractivity contribution in [2.45, 2.75) is 31.7 Å². The molecule has 0 aromatic carbocycles. The second kappa shape index (κ2) is 6.01. The summed E-state index contributed by atoms with van der Waals surface area (Å²) in [5, 5.41) is 11.9. The van der Waals surface area contributed by atoms with Crippen LogP contribution in [0.5, 0.6) is 0 Å². The van der Waals surface area contributed by atoms with Crippen molar-refractivity contribution in [2.24, 2.45) is 0 Å². The van der Waals surface area contributed by atoms with Gasteiger partial charge in [-0.3, -0.25) is 9.78 Å². The first-order chi connectivity index (χ1) is 9.60. The second-order valence-corrected chi connectivity index (χ2v) is 5.37. The number of aromatic nitrogens is 1. The average molecular weight is 272 g/mol. The molecule has 0 aliphatic heterocycles. The van der Waals surface area contributed by atoms with Crippen LogP contribution in [0.15, 0.2) is 42.3 Å². The van der Waals surface area contributed by atoms with E-state index in [-0.39, 0.29) is 18.1 Å². The maximum atomic E-state index is 10.5. The maximum Gasteiger partial charge on any atom is 0.207 e. The van der Waals surface area contributed by atoms with Gasteiger partial charge in [-0.15, -0.1) is 0 Å². The Hall–Kier alpha value is -1.94. The summed E-state index contributed by atoms with van der Waals surface area (Å²) in [4.78, 5) is 14.7. The molecule has 0 bridgehead atoms. The maximum absolute atomic E-state index is 10.5. The molecule has 1 aromatic heterocycles. The normalized spacial score (nSPS) is 23.1. The molecule has 2 atom stereocenters. The highest BCUT2D eigenvalue weighted by Crippen LogP contribution is 2.35. The molecule has 0 saturated heterocycles. The van der Waals surface area contributed by atoms with Crippen molar-refractivity contribution >= 4 is 6.41 Å². The summed E-state index contributed by atoms with van der Waals surface area (Å²) in [5.41, 5.74) is 3.30. The highest BCUT2D eigenvalue weighted by molar-refractivity contribution is 5.50. The molecule has 1 amide bonds. The Morgan fingerprint density at radius 2 is 2.40 bits per heavy atom. The minimum absolute atomic E-state index is 0.0717. The van der Waals surface area contributed by atoms with Gasteiger partial charge in [0.05, 0.1) is 12.6 Å². The van der Waals surface area contributed by atoms with Crippen molar-refractivity contribution in [2.75, 3.05) is 6.61 Å². The zero-order valence-electron chi connectivity index (χ0n) is 11.8. The summed E-state index contributed by atoms with van der Waals surface area (Å²) in [5.74, 6) is 0. The smallest absolute Gasteiger partial charge is 0.207 e. The Labute approximate surface area is 119 Å². The van der Waals surface area contributed by atoms with Crippen molar-refractivity contribution in [3.63, 3.8) is 0 Å². The topological polar surface area (TPSA) is 62.2 Å². The zero-order chi connectivity index (χ0) is 14.6. The van der Waals surface area contributed by atoms with Crippen LogP contribution in [0.4, 0.5) is 0 Å². The lowest BCUT2D eigenvalue weighted by Crippen LogP contribution is -2.34. The van der Waals surface area contributed by atoms with E-state index in [2.05, 4.69) is 36.3 Å². The summed E-state index contributed by atoms with van der Waals surface area (Å²) < 4.78 is 0. The number of nitrogens with zero attached hydrogens (tertiary/aromatic N) is 1. The number of aryl methyl sites for hydroxylation is 1. The number of hydrogen-bond acceptors (Lipinski definition) is 3. The fourth-order valence-corrected chi connectivity index (χ4v) is 2.65. The van der Waals surface area contributed by atoms with Gasteiger partial charge in [0.1, 0.15) is 0 Å². The second-order valence-electron chi connectivity index (χ2n) is 5.37. The van der Waals surface area contributed by atoms with Crippen LogP contribution in [-0.4, -0.2) is 29.1 Å². The molecular weight excluding hydrogens is 252 g/mol. The first-order valence-corrected chi connectivity index (χ1v) is 6.71. The molecule has 1 aliphatic carbocycles. The van der Waals surface area contributed by atoms with E-state index in [0.717, 1.165) is 12.0 Å². The summed E-state index contributed by atoms with van der Waals surface area (Å²) in [6.45, 7) is 4.14. The largest absolute Gasteiger partial charge is 0.394 e. The molecule has 2 unspecified atom stereocenters. The molecule has 20 heavy (non-hydrogen) atoms. The van der Waals surface area contributed by atoms with Gasteiger partial charge in [-0.05, 0) is 36.1 Å². The van der Waals surface area contributed by atoms with Crippen LogP contribution in [0.25, 0.3) is 0 Å². The van der Waals surface area contributed by atoms with Crippen LogP contribution < -0.4 is 5.32 Å². The van der Waals surface area contributed by atoms with E-state index in [1.165, 1.54) is 11.1 Å². The number of nitrogens with one attached hydrogen (secondary N) is 1. The fraction of sp³-hybridized carbons (Fsp3) is 0.375. The quantitative estimate of drug-likeness (QED) is 0.801. The van der Waals surface area contributed by atoms with Gasteiger partial charge in [0.2, 0.25) is 6.41 Å². The first-order valence-electron chi connectivity index (χ1n) is 6.71. The molecule has 0 radical (unpaired) electrons. The Morgan fingerprint density at radius 1 is 1.60 bits per heavy atom. The first kappa shape index (κ1) is 14.5. The van der Waals surface area contributed by atoms with Gasteiger partial charge in [-0.2, -0.15) is 0 Å². The van der Waals surface area contributed by atoms with E-state index < -0.39 is 0 Å². The predicted octanol–water partition coefficient (Wildman–Crippen LogP) is 1.64. The summed E-state index contributed by atoms with van der Waals surface area (Å²) in [6, 6.07) is 1.72. The molecule has 1 aliphatic rings. The molecule has 4 heteroatoms. The molecular formula is C16H20N2O2.